The molecule has 136 valence electrons. The van der Waals surface area contributed by atoms with Crippen LogP contribution in [0.25, 0.3) is 22.6 Å². The van der Waals surface area contributed by atoms with Gasteiger partial charge in [-0.2, -0.15) is 0 Å². The van der Waals surface area contributed by atoms with Crippen LogP contribution in [0, 0.1) is 0 Å². The van der Waals surface area contributed by atoms with Gasteiger partial charge in [-0.25, -0.2) is 4.98 Å². The van der Waals surface area contributed by atoms with Crippen molar-refractivity contribution in [3.05, 3.63) is 81.8 Å². The third-order valence-corrected chi connectivity index (χ3v) is 4.96. The van der Waals surface area contributed by atoms with Crippen LogP contribution in [-0.4, -0.2) is 4.98 Å². The number of aromatic nitrogens is 1. The third kappa shape index (κ3) is 3.95. The quantitative estimate of drug-likeness (QED) is 0.365. The molecule has 0 bridgehead atoms. The molecule has 0 saturated carbocycles. The van der Waals surface area contributed by atoms with Crippen LogP contribution in [0.2, 0.25) is 10.0 Å². The summed E-state index contributed by atoms with van der Waals surface area (Å²) in [5, 5.41) is 1.20. The molecule has 0 aliphatic rings. The first kappa shape index (κ1) is 17.9. The van der Waals surface area contributed by atoms with Gasteiger partial charge in [0, 0.05) is 21.2 Å². The minimum atomic E-state index is 0.373. The first-order valence-corrected chi connectivity index (χ1v) is 9.44. The van der Waals surface area contributed by atoms with E-state index in [0.717, 1.165) is 34.4 Å². The van der Waals surface area contributed by atoms with Crippen LogP contribution in [0.5, 0.6) is 5.75 Å². The number of fused-ring (bicyclic) bond motifs is 1. The summed E-state index contributed by atoms with van der Waals surface area (Å²) >= 11 is 12.1. The monoisotopic (exact) mass is 397 g/mol. The number of hydrogen-bond acceptors (Lipinski definition) is 3. The number of benzene rings is 3. The molecule has 0 N–H and O–H groups in total. The van der Waals surface area contributed by atoms with E-state index in [1.165, 1.54) is 5.56 Å². The van der Waals surface area contributed by atoms with Gasteiger partial charge >= 0.3 is 0 Å². The Morgan fingerprint density at radius 3 is 2.52 bits per heavy atom. The molecule has 0 aliphatic carbocycles. The number of rotatable bonds is 5. The van der Waals surface area contributed by atoms with Crippen molar-refractivity contribution in [1.82, 2.24) is 4.98 Å². The molecule has 4 rings (SSSR count). The number of oxazole rings is 1. The molecule has 3 nitrogen and oxygen atoms in total. The van der Waals surface area contributed by atoms with Crippen LogP contribution in [0.3, 0.4) is 0 Å². The van der Waals surface area contributed by atoms with Gasteiger partial charge in [0.2, 0.25) is 5.89 Å². The summed E-state index contributed by atoms with van der Waals surface area (Å²) in [5.41, 5.74) is 4.70. The highest BCUT2D eigenvalue weighted by Crippen LogP contribution is 2.27. The van der Waals surface area contributed by atoms with E-state index in [9.17, 15) is 0 Å². The summed E-state index contributed by atoms with van der Waals surface area (Å²) < 4.78 is 11.7. The summed E-state index contributed by atoms with van der Waals surface area (Å²) in [6.45, 7) is 2.50. The first-order chi connectivity index (χ1) is 13.1. The molecule has 5 heteroatoms. The fourth-order valence-corrected chi connectivity index (χ4v) is 3.27. The molecule has 4 aromatic rings. The van der Waals surface area contributed by atoms with Gasteiger partial charge < -0.3 is 9.15 Å². The maximum atomic E-state index is 6.18. The second kappa shape index (κ2) is 7.63. The zero-order valence-electron chi connectivity index (χ0n) is 14.7. The van der Waals surface area contributed by atoms with E-state index in [2.05, 4.69) is 24.0 Å². The van der Waals surface area contributed by atoms with E-state index in [4.69, 9.17) is 32.4 Å². The molecule has 0 spiro atoms. The van der Waals surface area contributed by atoms with E-state index in [0.29, 0.717) is 22.5 Å². The van der Waals surface area contributed by atoms with Crippen LogP contribution in [0.1, 0.15) is 18.1 Å². The van der Waals surface area contributed by atoms with Crippen molar-refractivity contribution < 1.29 is 9.15 Å². The Kier molecular flexibility index (Phi) is 5.06. The smallest absolute Gasteiger partial charge is 0.227 e. The molecule has 27 heavy (non-hydrogen) atoms. The highest BCUT2D eigenvalue weighted by molar-refractivity contribution is 6.35. The second-order valence-electron chi connectivity index (χ2n) is 6.22. The summed E-state index contributed by atoms with van der Waals surface area (Å²) in [6, 6.07) is 19.1. The number of halogens is 2. The molecule has 0 radical (unpaired) electrons. The van der Waals surface area contributed by atoms with Crippen molar-refractivity contribution in [1.29, 1.82) is 0 Å². The van der Waals surface area contributed by atoms with Crippen molar-refractivity contribution in [3.63, 3.8) is 0 Å². The molecular formula is C22H17Cl2NO2. The second-order valence-corrected chi connectivity index (χ2v) is 7.07. The Hall–Kier alpha value is -2.49. The highest BCUT2D eigenvalue weighted by Gasteiger charge is 2.09. The van der Waals surface area contributed by atoms with Crippen molar-refractivity contribution in [2.45, 2.75) is 20.0 Å². The van der Waals surface area contributed by atoms with Crippen LogP contribution in [0.4, 0.5) is 0 Å². The minimum Gasteiger partial charge on any atom is -0.489 e. The van der Waals surface area contributed by atoms with Gasteiger partial charge in [0.05, 0.1) is 0 Å². The molecule has 0 aliphatic heterocycles. The molecule has 0 fully saturated rings. The van der Waals surface area contributed by atoms with Crippen LogP contribution in [-0.2, 0) is 13.0 Å². The Morgan fingerprint density at radius 1 is 0.963 bits per heavy atom. The molecule has 0 atom stereocenters. The predicted molar refractivity (Wildman–Crippen MR) is 110 cm³/mol. The number of nitrogens with zero attached hydrogens (tertiary/aromatic N) is 1. The van der Waals surface area contributed by atoms with Crippen molar-refractivity contribution in [2.24, 2.45) is 0 Å². The molecule has 0 unspecified atom stereocenters. The van der Waals surface area contributed by atoms with Crippen molar-refractivity contribution in [2.75, 3.05) is 0 Å². The van der Waals surface area contributed by atoms with E-state index in [1.807, 2.05) is 36.4 Å². The predicted octanol–water partition coefficient (Wildman–Crippen LogP) is 6.94. The van der Waals surface area contributed by atoms with Gasteiger partial charge in [0.1, 0.15) is 17.9 Å². The SMILES string of the molecule is CCc1ccc2oc(-c3ccc(OCc4ccc(Cl)cc4Cl)cc3)nc2c1. The fraction of sp³-hybridized carbons (Fsp3) is 0.136. The Bertz CT molecular complexity index is 1090. The summed E-state index contributed by atoms with van der Waals surface area (Å²) in [7, 11) is 0. The van der Waals surface area contributed by atoms with Crippen molar-refractivity contribution >= 4 is 34.3 Å². The van der Waals surface area contributed by atoms with E-state index < -0.39 is 0 Å². The fourth-order valence-electron chi connectivity index (χ4n) is 2.81. The van der Waals surface area contributed by atoms with Gasteiger partial charge in [0.25, 0.3) is 0 Å². The van der Waals surface area contributed by atoms with Gasteiger partial charge in [-0.15, -0.1) is 0 Å². The van der Waals surface area contributed by atoms with Gasteiger partial charge in [-0.1, -0.05) is 42.3 Å². The Balaban J connectivity index is 1.50. The number of hydrogen-bond donors (Lipinski definition) is 0. The summed E-state index contributed by atoms with van der Waals surface area (Å²) in [4.78, 5) is 4.60. The Morgan fingerprint density at radius 2 is 1.78 bits per heavy atom. The standard InChI is InChI=1S/C22H17Cl2NO2/c1-2-14-3-10-21-20(11-14)25-22(27-21)15-5-8-18(9-6-15)26-13-16-4-7-17(23)12-19(16)24/h3-12H,2,13H2,1H3. The third-order valence-electron chi connectivity index (χ3n) is 4.37. The largest absolute Gasteiger partial charge is 0.489 e. The average molecular weight is 398 g/mol. The maximum Gasteiger partial charge on any atom is 0.227 e. The van der Waals surface area contributed by atoms with Gasteiger partial charge in [0.15, 0.2) is 5.58 Å². The van der Waals surface area contributed by atoms with E-state index in [1.54, 1.807) is 12.1 Å². The molecule has 3 aromatic carbocycles. The topological polar surface area (TPSA) is 35.3 Å². The first-order valence-electron chi connectivity index (χ1n) is 8.69. The van der Waals surface area contributed by atoms with Crippen LogP contribution in [0.15, 0.2) is 65.1 Å². The molecular weight excluding hydrogens is 381 g/mol. The lowest BCUT2D eigenvalue weighted by Gasteiger charge is -2.08. The zero-order chi connectivity index (χ0) is 18.8. The van der Waals surface area contributed by atoms with Crippen LogP contribution < -0.4 is 4.74 Å². The lowest BCUT2D eigenvalue weighted by molar-refractivity contribution is 0.306. The van der Waals surface area contributed by atoms with E-state index in [-0.39, 0.29) is 0 Å². The number of ether oxygens (including phenoxy) is 1. The minimum absolute atomic E-state index is 0.373. The lowest BCUT2D eigenvalue weighted by Crippen LogP contribution is -1.96. The molecule has 0 amide bonds. The normalized spacial score (nSPS) is 11.1. The van der Waals surface area contributed by atoms with E-state index >= 15 is 0 Å². The molecule has 1 aromatic heterocycles. The van der Waals surface area contributed by atoms with Crippen LogP contribution >= 0.6 is 23.2 Å². The Labute approximate surface area is 167 Å². The summed E-state index contributed by atoms with van der Waals surface area (Å²) in [6.07, 6.45) is 0.974. The molecule has 0 saturated heterocycles. The average Bonchev–Trinajstić information content (AvgIpc) is 3.11. The van der Waals surface area contributed by atoms with Crippen molar-refractivity contribution in [3.8, 4) is 17.2 Å². The highest BCUT2D eigenvalue weighted by atomic mass is 35.5. The maximum absolute atomic E-state index is 6.18. The van der Waals surface area contributed by atoms with Gasteiger partial charge in [-0.3, -0.25) is 0 Å². The molecule has 1 heterocycles. The summed E-state index contributed by atoms with van der Waals surface area (Å²) in [5.74, 6) is 1.35. The number of aryl methyl sites for hydroxylation is 1. The van der Waals surface area contributed by atoms with Gasteiger partial charge in [-0.05, 0) is 60.5 Å². The zero-order valence-corrected chi connectivity index (χ0v) is 16.2. The lowest BCUT2D eigenvalue weighted by atomic mass is 10.1.